The highest BCUT2D eigenvalue weighted by atomic mass is 35.5. The number of fused-ring (bicyclic) bond motifs is 1. The Morgan fingerprint density at radius 2 is 2.17 bits per heavy atom. The Kier molecular flexibility index (Phi) is 1.44. The first-order chi connectivity index (χ1) is 5.68. The van der Waals surface area contributed by atoms with Crippen LogP contribution in [0.1, 0.15) is 0 Å². The average Bonchev–Trinajstić information content (AvgIpc) is 2.31. The molecule has 2 rings (SSSR count). The van der Waals surface area contributed by atoms with Gasteiger partial charge in [-0.1, -0.05) is 11.6 Å². The highest BCUT2D eigenvalue weighted by molar-refractivity contribution is 6.29. The summed E-state index contributed by atoms with van der Waals surface area (Å²) in [5, 5.41) is 0.450. The smallest absolute Gasteiger partial charge is 0.202 e. The van der Waals surface area contributed by atoms with E-state index in [4.69, 9.17) is 17.3 Å². The van der Waals surface area contributed by atoms with Crippen molar-refractivity contribution < 1.29 is 0 Å². The van der Waals surface area contributed by atoms with E-state index in [2.05, 4.69) is 9.97 Å². The van der Waals surface area contributed by atoms with E-state index in [1.165, 1.54) is 0 Å². The first-order valence-corrected chi connectivity index (χ1v) is 3.81. The third kappa shape index (κ3) is 0.921. The minimum atomic E-state index is 0.444. The van der Waals surface area contributed by atoms with E-state index < -0.39 is 0 Å². The van der Waals surface area contributed by atoms with Crippen LogP contribution in [-0.4, -0.2) is 14.5 Å². The Balaban J connectivity index is 2.88. The minimum absolute atomic E-state index is 0.444. The lowest BCUT2D eigenvalue weighted by Gasteiger charge is -1.94. The number of rotatable bonds is 0. The Morgan fingerprint density at radius 3 is 2.92 bits per heavy atom. The maximum Gasteiger partial charge on any atom is 0.202 e. The van der Waals surface area contributed by atoms with Gasteiger partial charge in [-0.25, -0.2) is 9.97 Å². The Hall–Kier alpha value is -1.29. The number of hydrogen-bond acceptors (Lipinski definition) is 3. The monoisotopic (exact) mass is 182 g/mol. The summed E-state index contributed by atoms with van der Waals surface area (Å²) in [5.41, 5.74) is 7.04. The zero-order valence-electron chi connectivity index (χ0n) is 6.45. The van der Waals surface area contributed by atoms with Crippen molar-refractivity contribution in [3.8, 4) is 0 Å². The minimum Gasteiger partial charge on any atom is -0.369 e. The molecule has 0 bridgehead atoms. The predicted molar refractivity (Wildman–Crippen MR) is 47.9 cm³/mol. The van der Waals surface area contributed by atoms with Crippen molar-refractivity contribution in [1.29, 1.82) is 0 Å². The van der Waals surface area contributed by atoms with Crippen LogP contribution in [0.4, 0.5) is 5.95 Å². The molecule has 2 heterocycles. The summed E-state index contributed by atoms with van der Waals surface area (Å²) in [6.45, 7) is 0. The van der Waals surface area contributed by atoms with Crippen molar-refractivity contribution in [1.82, 2.24) is 14.5 Å². The van der Waals surface area contributed by atoms with Crippen molar-refractivity contribution in [3.05, 3.63) is 17.3 Å². The van der Waals surface area contributed by atoms with E-state index in [1.54, 1.807) is 23.7 Å². The normalized spacial score (nSPS) is 10.8. The van der Waals surface area contributed by atoms with Gasteiger partial charge < -0.3 is 5.73 Å². The maximum atomic E-state index is 5.71. The van der Waals surface area contributed by atoms with Gasteiger partial charge in [0.25, 0.3) is 0 Å². The largest absolute Gasteiger partial charge is 0.369 e. The molecule has 0 amide bonds. The Labute approximate surface area is 74.0 Å². The van der Waals surface area contributed by atoms with Gasteiger partial charge in [-0.05, 0) is 12.1 Å². The molecule has 2 aromatic rings. The molecular formula is C7H7ClN4. The molecular weight excluding hydrogens is 176 g/mol. The highest BCUT2D eigenvalue weighted by Crippen LogP contribution is 2.16. The van der Waals surface area contributed by atoms with Gasteiger partial charge in [0.1, 0.15) is 10.7 Å². The standard InChI is InChI=1S/C7H7ClN4/c1-12-6-4(10-7(12)9)2-3-5(8)11-6/h2-3H,1H3,(H2,9,10). The molecule has 0 fully saturated rings. The zero-order chi connectivity index (χ0) is 8.72. The van der Waals surface area contributed by atoms with Crippen LogP contribution < -0.4 is 5.73 Å². The summed E-state index contributed by atoms with van der Waals surface area (Å²) in [4.78, 5) is 8.16. The lowest BCUT2D eigenvalue weighted by molar-refractivity contribution is 0.947. The molecule has 0 aliphatic heterocycles. The van der Waals surface area contributed by atoms with Gasteiger partial charge in [-0.2, -0.15) is 0 Å². The van der Waals surface area contributed by atoms with Gasteiger partial charge in [-0.3, -0.25) is 4.57 Å². The first-order valence-electron chi connectivity index (χ1n) is 3.43. The molecule has 5 heteroatoms. The molecule has 0 unspecified atom stereocenters. The number of aryl methyl sites for hydroxylation is 1. The zero-order valence-corrected chi connectivity index (χ0v) is 7.21. The number of nitrogens with zero attached hydrogens (tertiary/aromatic N) is 3. The summed E-state index contributed by atoms with van der Waals surface area (Å²) in [5.74, 6) is 0.444. The average molecular weight is 183 g/mol. The number of nitrogens with two attached hydrogens (primary N) is 1. The number of imidazole rings is 1. The first kappa shape index (κ1) is 7.36. The fourth-order valence-electron chi connectivity index (χ4n) is 1.06. The van der Waals surface area contributed by atoms with Crippen LogP contribution in [0.5, 0.6) is 0 Å². The quantitative estimate of drug-likeness (QED) is 0.623. The van der Waals surface area contributed by atoms with Gasteiger partial charge in [0.05, 0.1) is 0 Å². The van der Waals surface area contributed by atoms with Gasteiger partial charge in [0, 0.05) is 7.05 Å². The molecule has 0 radical (unpaired) electrons. The molecule has 0 atom stereocenters. The second-order valence-electron chi connectivity index (χ2n) is 2.51. The molecule has 0 aliphatic carbocycles. The third-order valence-electron chi connectivity index (χ3n) is 1.72. The van der Waals surface area contributed by atoms with Crippen molar-refractivity contribution in [2.24, 2.45) is 7.05 Å². The lowest BCUT2D eigenvalue weighted by atomic mass is 10.4. The molecule has 4 nitrogen and oxygen atoms in total. The molecule has 0 aromatic carbocycles. The topological polar surface area (TPSA) is 56.7 Å². The summed E-state index contributed by atoms with van der Waals surface area (Å²) < 4.78 is 1.70. The molecule has 62 valence electrons. The van der Waals surface area contributed by atoms with Crippen molar-refractivity contribution in [2.45, 2.75) is 0 Å². The molecule has 0 aliphatic rings. The third-order valence-corrected chi connectivity index (χ3v) is 1.93. The molecule has 12 heavy (non-hydrogen) atoms. The van der Waals surface area contributed by atoms with Crippen LogP contribution in [0.25, 0.3) is 11.2 Å². The number of nitrogen functional groups attached to an aromatic ring is 1. The molecule has 0 saturated carbocycles. The number of halogens is 1. The van der Waals surface area contributed by atoms with E-state index in [0.29, 0.717) is 16.7 Å². The number of aromatic nitrogens is 3. The second kappa shape index (κ2) is 2.35. The molecule has 0 saturated heterocycles. The SMILES string of the molecule is Cn1c(N)nc2ccc(Cl)nc21. The summed E-state index contributed by atoms with van der Waals surface area (Å²) >= 11 is 5.71. The van der Waals surface area contributed by atoms with Crippen LogP contribution in [0.15, 0.2) is 12.1 Å². The van der Waals surface area contributed by atoms with E-state index >= 15 is 0 Å². The Bertz CT molecular complexity index is 434. The molecule has 2 N–H and O–H groups in total. The summed E-state index contributed by atoms with van der Waals surface area (Å²) in [7, 11) is 1.80. The van der Waals surface area contributed by atoms with Crippen molar-refractivity contribution in [2.75, 3.05) is 5.73 Å². The van der Waals surface area contributed by atoms with Crippen LogP contribution in [0.3, 0.4) is 0 Å². The number of pyridine rings is 1. The van der Waals surface area contributed by atoms with Crippen LogP contribution >= 0.6 is 11.6 Å². The number of anilines is 1. The van der Waals surface area contributed by atoms with Gasteiger partial charge in [0.15, 0.2) is 5.65 Å². The van der Waals surface area contributed by atoms with Gasteiger partial charge >= 0.3 is 0 Å². The highest BCUT2D eigenvalue weighted by Gasteiger charge is 2.05. The summed E-state index contributed by atoms with van der Waals surface area (Å²) in [6.07, 6.45) is 0. The fourth-order valence-corrected chi connectivity index (χ4v) is 1.20. The summed E-state index contributed by atoms with van der Waals surface area (Å²) in [6, 6.07) is 3.48. The fraction of sp³-hybridized carbons (Fsp3) is 0.143. The van der Waals surface area contributed by atoms with Crippen LogP contribution in [-0.2, 0) is 7.05 Å². The van der Waals surface area contributed by atoms with Crippen molar-refractivity contribution in [3.63, 3.8) is 0 Å². The Morgan fingerprint density at radius 1 is 1.42 bits per heavy atom. The maximum absolute atomic E-state index is 5.71. The predicted octanol–water partition coefficient (Wildman–Crippen LogP) is 1.20. The van der Waals surface area contributed by atoms with E-state index in [-0.39, 0.29) is 0 Å². The van der Waals surface area contributed by atoms with E-state index in [1.807, 2.05) is 0 Å². The second-order valence-corrected chi connectivity index (χ2v) is 2.89. The van der Waals surface area contributed by atoms with E-state index in [0.717, 1.165) is 5.52 Å². The van der Waals surface area contributed by atoms with Gasteiger partial charge in [0.2, 0.25) is 5.95 Å². The van der Waals surface area contributed by atoms with Crippen LogP contribution in [0.2, 0.25) is 5.15 Å². The number of hydrogen-bond donors (Lipinski definition) is 1. The molecule has 2 aromatic heterocycles. The molecule has 0 spiro atoms. The lowest BCUT2D eigenvalue weighted by Crippen LogP contribution is -1.97. The van der Waals surface area contributed by atoms with Crippen molar-refractivity contribution >= 4 is 28.7 Å². The van der Waals surface area contributed by atoms with E-state index in [9.17, 15) is 0 Å². The van der Waals surface area contributed by atoms with Gasteiger partial charge in [-0.15, -0.1) is 0 Å². The van der Waals surface area contributed by atoms with Crippen LogP contribution in [0, 0.1) is 0 Å².